The summed E-state index contributed by atoms with van der Waals surface area (Å²) in [5, 5.41) is 11.6. The number of nitrogens with one attached hydrogen (secondary N) is 1. The van der Waals surface area contributed by atoms with E-state index < -0.39 is 0 Å². The molecule has 0 saturated carbocycles. The van der Waals surface area contributed by atoms with Gasteiger partial charge in [0.05, 0.1) is 9.75 Å². The van der Waals surface area contributed by atoms with Gasteiger partial charge in [-0.1, -0.05) is 11.8 Å². The van der Waals surface area contributed by atoms with Crippen molar-refractivity contribution in [3.63, 3.8) is 0 Å². The quantitative estimate of drug-likeness (QED) is 0.805. The minimum absolute atomic E-state index is 0.0711. The number of thiophene rings is 1. The van der Waals surface area contributed by atoms with Gasteiger partial charge in [-0.2, -0.15) is 0 Å². The summed E-state index contributed by atoms with van der Waals surface area (Å²) in [6.07, 6.45) is 0.782. The molecule has 1 unspecified atom stereocenters. The van der Waals surface area contributed by atoms with Gasteiger partial charge in [-0.25, -0.2) is 0 Å². The van der Waals surface area contributed by atoms with Gasteiger partial charge >= 0.3 is 0 Å². The number of aliphatic hydroxyl groups excluding tert-OH is 1. The van der Waals surface area contributed by atoms with Gasteiger partial charge in [-0.05, 0) is 31.9 Å². The first-order chi connectivity index (χ1) is 9.08. The van der Waals surface area contributed by atoms with Crippen LogP contribution in [0.5, 0.6) is 0 Å². The molecule has 0 fully saturated rings. The van der Waals surface area contributed by atoms with Crippen LogP contribution in [-0.4, -0.2) is 37.4 Å². The van der Waals surface area contributed by atoms with E-state index in [-0.39, 0.29) is 18.6 Å². The van der Waals surface area contributed by atoms with Gasteiger partial charge in [0.15, 0.2) is 0 Å². The molecule has 0 aliphatic heterocycles. The number of rotatable bonds is 5. The van der Waals surface area contributed by atoms with Crippen LogP contribution < -0.4 is 5.32 Å². The van der Waals surface area contributed by atoms with E-state index in [1.807, 2.05) is 19.9 Å². The molecule has 19 heavy (non-hydrogen) atoms. The SMILES string of the molecule is COCCC(C)NC(=O)c1cc(C)c(C#CCO)s1. The number of carbonyl (C=O) groups excluding carboxylic acids is 1. The molecule has 0 aromatic carbocycles. The number of aliphatic hydroxyl groups is 1. The first-order valence-corrected chi connectivity index (χ1v) is 6.90. The fraction of sp³-hybridized carbons (Fsp3) is 0.500. The van der Waals surface area contributed by atoms with E-state index in [9.17, 15) is 4.79 Å². The summed E-state index contributed by atoms with van der Waals surface area (Å²) in [7, 11) is 1.64. The lowest BCUT2D eigenvalue weighted by atomic mass is 10.2. The topological polar surface area (TPSA) is 58.6 Å². The molecule has 1 rings (SSSR count). The molecule has 4 nitrogen and oxygen atoms in total. The van der Waals surface area contributed by atoms with Gasteiger partial charge < -0.3 is 15.2 Å². The Labute approximate surface area is 117 Å². The van der Waals surface area contributed by atoms with Crippen LogP contribution in [0.4, 0.5) is 0 Å². The van der Waals surface area contributed by atoms with Gasteiger partial charge in [0, 0.05) is 19.8 Å². The zero-order chi connectivity index (χ0) is 14.3. The van der Waals surface area contributed by atoms with Crippen molar-refractivity contribution in [3.8, 4) is 11.8 Å². The van der Waals surface area contributed by atoms with Gasteiger partial charge in [0.2, 0.25) is 0 Å². The second-order valence-electron chi connectivity index (χ2n) is 4.24. The molecule has 0 aliphatic rings. The van der Waals surface area contributed by atoms with Gasteiger partial charge in [0.25, 0.3) is 5.91 Å². The van der Waals surface area contributed by atoms with Gasteiger partial charge in [-0.15, -0.1) is 11.3 Å². The van der Waals surface area contributed by atoms with Crippen LogP contribution in [0.2, 0.25) is 0 Å². The van der Waals surface area contributed by atoms with Crippen molar-refractivity contribution in [3.05, 3.63) is 21.4 Å². The highest BCUT2D eigenvalue weighted by Gasteiger charge is 2.13. The van der Waals surface area contributed by atoms with Crippen molar-refractivity contribution < 1.29 is 14.6 Å². The van der Waals surface area contributed by atoms with Crippen LogP contribution in [-0.2, 0) is 4.74 Å². The van der Waals surface area contributed by atoms with Crippen LogP contribution in [0.3, 0.4) is 0 Å². The average molecular weight is 281 g/mol. The fourth-order valence-corrected chi connectivity index (χ4v) is 2.45. The summed E-state index contributed by atoms with van der Waals surface area (Å²) in [6.45, 7) is 4.30. The number of ether oxygens (including phenoxy) is 1. The summed E-state index contributed by atoms with van der Waals surface area (Å²) in [5.41, 5.74) is 0.959. The van der Waals surface area contributed by atoms with Gasteiger partial charge in [0.1, 0.15) is 6.61 Å². The molecule has 0 aliphatic carbocycles. The first kappa shape index (κ1) is 15.7. The number of methoxy groups -OCH3 is 1. The summed E-state index contributed by atoms with van der Waals surface area (Å²) in [6, 6.07) is 1.89. The molecule has 1 atom stereocenters. The molecule has 104 valence electrons. The predicted octanol–water partition coefficient (Wildman–Crippen LogP) is 1.56. The molecular formula is C14H19NO3S. The summed E-state index contributed by atoms with van der Waals surface area (Å²) < 4.78 is 4.98. The Morgan fingerprint density at radius 2 is 2.37 bits per heavy atom. The Bertz CT molecular complexity index is 485. The minimum atomic E-state index is -0.174. The zero-order valence-corrected chi connectivity index (χ0v) is 12.3. The van der Waals surface area contributed by atoms with E-state index in [2.05, 4.69) is 17.2 Å². The van der Waals surface area contributed by atoms with Crippen molar-refractivity contribution in [1.29, 1.82) is 0 Å². The number of carbonyl (C=O) groups is 1. The third kappa shape index (κ3) is 5.03. The Morgan fingerprint density at radius 1 is 1.63 bits per heavy atom. The van der Waals surface area contributed by atoms with Crippen LogP contribution in [0.15, 0.2) is 6.07 Å². The van der Waals surface area contributed by atoms with Crippen molar-refractivity contribution in [2.24, 2.45) is 0 Å². The Morgan fingerprint density at radius 3 is 3.00 bits per heavy atom. The van der Waals surface area contributed by atoms with Crippen LogP contribution in [0.1, 0.15) is 33.5 Å². The molecule has 2 N–H and O–H groups in total. The number of hydrogen-bond acceptors (Lipinski definition) is 4. The van der Waals surface area contributed by atoms with E-state index in [1.54, 1.807) is 7.11 Å². The molecule has 0 saturated heterocycles. The minimum Gasteiger partial charge on any atom is -0.385 e. The smallest absolute Gasteiger partial charge is 0.261 e. The summed E-state index contributed by atoms with van der Waals surface area (Å²) in [4.78, 5) is 13.5. The van der Waals surface area contributed by atoms with Crippen molar-refractivity contribution in [2.45, 2.75) is 26.3 Å². The molecule has 5 heteroatoms. The van der Waals surface area contributed by atoms with E-state index in [1.165, 1.54) is 11.3 Å². The molecule has 0 bridgehead atoms. The number of aryl methyl sites for hydroxylation is 1. The van der Waals surface area contributed by atoms with Gasteiger partial charge in [-0.3, -0.25) is 4.79 Å². The summed E-state index contributed by atoms with van der Waals surface area (Å²) >= 11 is 1.35. The maximum Gasteiger partial charge on any atom is 0.261 e. The largest absolute Gasteiger partial charge is 0.385 e. The Hall–Kier alpha value is -1.35. The lowest BCUT2D eigenvalue weighted by Gasteiger charge is -2.12. The zero-order valence-electron chi connectivity index (χ0n) is 11.4. The predicted molar refractivity (Wildman–Crippen MR) is 76.4 cm³/mol. The average Bonchev–Trinajstić information content (AvgIpc) is 2.75. The molecular weight excluding hydrogens is 262 g/mol. The first-order valence-electron chi connectivity index (χ1n) is 6.08. The van der Waals surface area contributed by atoms with E-state index in [4.69, 9.17) is 9.84 Å². The highest BCUT2D eigenvalue weighted by molar-refractivity contribution is 7.14. The van der Waals surface area contributed by atoms with Crippen LogP contribution >= 0.6 is 11.3 Å². The third-order valence-electron chi connectivity index (χ3n) is 2.56. The Balaban J connectivity index is 2.67. The molecule has 1 heterocycles. The third-order valence-corrected chi connectivity index (χ3v) is 3.71. The van der Waals surface area contributed by atoms with Crippen LogP contribution in [0.25, 0.3) is 0 Å². The van der Waals surface area contributed by atoms with Crippen molar-refractivity contribution in [1.82, 2.24) is 5.32 Å². The standard InChI is InChI=1S/C14H19NO3S/c1-10-9-13(19-12(10)5-4-7-16)14(17)15-11(2)6-8-18-3/h9,11,16H,6-8H2,1-3H3,(H,15,17). The van der Waals surface area contributed by atoms with Crippen molar-refractivity contribution >= 4 is 17.2 Å². The molecule has 1 aromatic rings. The molecule has 0 spiro atoms. The van der Waals surface area contributed by atoms with E-state index in [0.29, 0.717) is 11.5 Å². The maximum atomic E-state index is 12.0. The molecule has 0 radical (unpaired) electrons. The summed E-state index contributed by atoms with van der Waals surface area (Å²) in [5.74, 6) is 5.35. The second-order valence-corrected chi connectivity index (χ2v) is 5.29. The molecule has 1 aromatic heterocycles. The Kier molecular flexibility index (Phi) is 6.57. The fourth-order valence-electron chi connectivity index (χ4n) is 1.50. The van der Waals surface area contributed by atoms with E-state index >= 15 is 0 Å². The lowest BCUT2D eigenvalue weighted by molar-refractivity contribution is 0.0933. The second kappa shape index (κ2) is 7.95. The van der Waals surface area contributed by atoms with Crippen molar-refractivity contribution in [2.75, 3.05) is 20.3 Å². The highest BCUT2D eigenvalue weighted by Crippen LogP contribution is 2.21. The number of hydrogen-bond donors (Lipinski definition) is 2. The lowest BCUT2D eigenvalue weighted by Crippen LogP contribution is -2.32. The number of amides is 1. The maximum absolute atomic E-state index is 12.0. The molecule has 1 amide bonds. The monoisotopic (exact) mass is 281 g/mol. The van der Waals surface area contributed by atoms with Crippen LogP contribution in [0, 0.1) is 18.8 Å². The highest BCUT2D eigenvalue weighted by atomic mass is 32.1. The normalized spacial score (nSPS) is 11.6. The van der Waals surface area contributed by atoms with E-state index in [0.717, 1.165) is 16.9 Å².